The van der Waals surface area contributed by atoms with Crippen molar-refractivity contribution in [3.8, 4) is 11.8 Å². The van der Waals surface area contributed by atoms with Crippen LogP contribution < -0.4 is 10.1 Å². The number of nitrogens with zero attached hydrogens (tertiary/aromatic N) is 1. The Kier molecular flexibility index (Phi) is 7.01. The van der Waals surface area contributed by atoms with E-state index in [0.29, 0.717) is 22.9 Å². The number of anilines is 1. The fourth-order valence-electron chi connectivity index (χ4n) is 2.01. The average Bonchev–Trinajstić information content (AvgIpc) is 2.63. The highest BCUT2D eigenvalue weighted by Crippen LogP contribution is 2.17. The second-order valence-electron chi connectivity index (χ2n) is 5.40. The fraction of sp³-hybridized carbons (Fsp3) is 0.211. The van der Waals surface area contributed by atoms with E-state index < -0.39 is 24.6 Å². The molecule has 0 aliphatic carbocycles. The summed E-state index contributed by atoms with van der Waals surface area (Å²) in [5, 5.41) is 11.8. The van der Waals surface area contributed by atoms with E-state index in [1.807, 2.05) is 6.07 Å². The first-order valence-corrected chi connectivity index (χ1v) is 8.20. The van der Waals surface area contributed by atoms with Crippen LogP contribution >= 0.6 is 11.6 Å². The van der Waals surface area contributed by atoms with Gasteiger partial charge in [0.2, 0.25) is 0 Å². The smallest absolute Gasteiger partial charge is 0.347 e. The molecule has 0 unspecified atom stereocenters. The van der Waals surface area contributed by atoms with Gasteiger partial charge in [-0.3, -0.25) is 4.79 Å². The summed E-state index contributed by atoms with van der Waals surface area (Å²) < 4.78 is 10.4. The van der Waals surface area contributed by atoms with Crippen LogP contribution in [-0.4, -0.2) is 24.6 Å². The highest BCUT2D eigenvalue weighted by atomic mass is 35.5. The Morgan fingerprint density at radius 3 is 2.42 bits per heavy atom. The van der Waals surface area contributed by atoms with Crippen molar-refractivity contribution in [2.45, 2.75) is 19.4 Å². The van der Waals surface area contributed by atoms with Gasteiger partial charge >= 0.3 is 5.97 Å². The zero-order valence-corrected chi connectivity index (χ0v) is 14.8. The first kappa shape index (κ1) is 19.3. The number of carbonyl (C=O) groups excluding carboxylic acids is 2. The first-order chi connectivity index (χ1) is 12.5. The van der Waals surface area contributed by atoms with Gasteiger partial charge in [0.25, 0.3) is 5.91 Å². The molecule has 0 aliphatic rings. The SMILES string of the molecule is C[C@@H](Oc1ccc(Cl)cc1)C(=O)OCC(=O)Nc1ccc(CC#N)cc1. The molecule has 0 heterocycles. The second kappa shape index (κ2) is 9.44. The predicted octanol–water partition coefficient (Wildman–Crippen LogP) is 3.36. The Balaban J connectivity index is 1.77. The summed E-state index contributed by atoms with van der Waals surface area (Å²) in [4.78, 5) is 23.8. The number of nitriles is 1. The summed E-state index contributed by atoms with van der Waals surface area (Å²) in [6.45, 7) is 1.11. The molecule has 0 aromatic heterocycles. The number of ether oxygens (including phenoxy) is 2. The van der Waals surface area contributed by atoms with Crippen molar-refractivity contribution >= 4 is 29.2 Å². The van der Waals surface area contributed by atoms with Crippen molar-refractivity contribution in [2.75, 3.05) is 11.9 Å². The number of rotatable bonds is 7. The van der Waals surface area contributed by atoms with E-state index in [9.17, 15) is 9.59 Å². The minimum atomic E-state index is -0.866. The normalized spacial score (nSPS) is 11.1. The average molecular weight is 373 g/mol. The Hall–Kier alpha value is -3.04. The predicted molar refractivity (Wildman–Crippen MR) is 96.9 cm³/mol. The van der Waals surface area contributed by atoms with Gasteiger partial charge in [0, 0.05) is 10.7 Å². The molecule has 0 spiro atoms. The van der Waals surface area contributed by atoms with Gasteiger partial charge in [-0.25, -0.2) is 4.79 Å². The maximum absolute atomic E-state index is 11.9. The molecule has 7 heteroatoms. The monoisotopic (exact) mass is 372 g/mol. The van der Waals surface area contributed by atoms with Gasteiger partial charge in [-0.2, -0.15) is 5.26 Å². The Morgan fingerprint density at radius 2 is 1.81 bits per heavy atom. The third-order valence-electron chi connectivity index (χ3n) is 3.32. The van der Waals surface area contributed by atoms with Crippen LogP contribution in [0.5, 0.6) is 5.75 Å². The van der Waals surface area contributed by atoms with E-state index in [1.165, 1.54) is 6.92 Å². The molecule has 2 rings (SSSR count). The Morgan fingerprint density at radius 1 is 1.15 bits per heavy atom. The maximum Gasteiger partial charge on any atom is 0.347 e. The summed E-state index contributed by atoms with van der Waals surface area (Å²) in [6.07, 6.45) is -0.564. The van der Waals surface area contributed by atoms with E-state index in [0.717, 1.165) is 5.56 Å². The highest BCUT2D eigenvalue weighted by molar-refractivity contribution is 6.30. The van der Waals surface area contributed by atoms with Crippen LogP contribution in [0.2, 0.25) is 5.02 Å². The number of halogens is 1. The largest absolute Gasteiger partial charge is 0.479 e. The molecule has 1 atom stereocenters. The van der Waals surface area contributed by atoms with Gasteiger partial charge in [-0.15, -0.1) is 0 Å². The summed E-state index contributed by atoms with van der Waals surface area (Å²) >= 11 is 5.78. The molecule has 2 aromatic carbocycles. The van der Waals surface area contributed by atoms with Crippen molar-refractivity contribution in [3.63, 3.8) is 0 Å². The number of carbonyl (C=O) groups is 2. The lowest BCUT2D eigenvalue weighted by Crippen LogP contribution is -2.29. The van der Waals surface area contributed by atoms with Crippen LogP contribution in [0.3, 0.4) is 0 Å². The molecule has 6 nitrogen and oxygen atoms in total. The van der Waals surface area contributed by atoms with Crippen molar-refractivity contribution < 1.29 is 19.1 Å². The lowest BCUT2D eigenvalue weighted by Gasteiger charge is -2.14. The number of benzene rings is 2. The van der Waals surface area contributed by atoms with E-state index in [4.69, 9.17) is 26.3 Å². The summed E-state index contributed by atoms with van der Waals surface area (Å²) in [5.41, 5.74) is 1.41. The lowest BCUT2D eigenvalue weighted by molar-refractivity contribution is -0.153. The Bertz CT molecular complexity index is 798. The van der Waals surface area contributed by atoms with Crippen LogP contribution in [0.1, 0.15) is 12.5 Å². The zero-order chi connectivity index (χ0) is 18.9. The molecule has 0 radical (unpaired) electrons. The molecule has 0 fully saturated rings. The number of amides is 1. The summed E-state index contributed by atoms with van der Waals surface area (Å²) in [6, 6.07) is 15.4. The molecule has 134 valence electrons. The molecule has 0 saturated heterocycles. The third-order valence-corrected chi connectivity index (χ3v) is 3.58. The fourth-order valence-corrected chi connectivity index (χ4v) is 2.14. The second-order valence-corrected chi connectivity index (χ2v) is 5.84. The van der Waals surface area contributed by atoms with E-state index in [1.54, 1.807) is 48.5 Å². The highest BCUT2D eigenvalue weighted by Gasteiger charge is 2.18. The van der Waals surface area contributed by atoms with Crippen molar-refractivity contribution in [1.29, 1.82) is 5.26 Å². The molecule has 0 aliphatic heterocycles. The van der Waals surface area contributed by atoms with Crippen LogP contribution in [0.25, 0.3) is 0 Å². The minimum absolute atomic E-state index is 0.303. The number of hydrogen-bond donors (Lipinski definition) is 1. The van der Waals surface area contributed by atoms with Gasteiger partial charge in [0.15, 0.2) is 12.7 Å². The third kappa shape index (κ3) is 6.11. The first-order valence-electron chi connectivity index (χ1n) is 7.82. The molecule has 2 aromatic rings. The van der Waals surface area contributed by atoms with Crippen molar-refractivity contribution in [3.05, 3.63) is 59.1 Å². The van der Waals surface area contributed by atoms with Crippen LogP contribution in [0.4, 0.5) is 5.69 Å². The quantitative estimate of drug-likeness (QED) is 0.753. The van der Waals surface area contributed by atoms with Crippen molar-refractivity contribution in [2.24, 2.45) is 0 Å². The molecular weight excluding hydrogens is 356 g/mol. The van der Waals surface area contributed by atoms with Crippen LogP contribution in [0.15, 0.2) is 48.5 Å². The molecule has 0 bridgehead atoms. The van der Waals surface area contributed by atoms with Crippen LogP contribution in [-0.2, 0) is 20.7 Å². The van der Waals surface area contributed by atoms with Crippen LogP contribution in [0, 0.1) is 11.3 Å². The molecule has 26 heavy (non-hydrogen) atoms. The Labute approximate surface area is 156 Å². The van der Waals surface area contributed by atoms with Crippen molar-refractivity contribution in [1.82, 2.24) is 0 Å². The van der Waals surface area contributed by atoms with Gasteiger partial charge in [-0.1, -0.05) is 23.7 Å². The maximum atomic E-state index is 11.9. The van der Waals surface area contributed by atoms with E-state index in [2.05, 4.69) is 5.32 Å². The molecule has 1 amide bonds. The van der Waals surface area contributed by atoms with Gasteiger partial charge in [0.1, 0.15) is 5.75 Å². The number of nitrogens with one attached hydrogen (secondary N) is 1. The number of esters is 1. The molecular formula is C19H17ClN2O4. The number of hydrogen-bond acceptors (Lipinski definition) is 5. The summed E-state index contributed by atoms with van der Waals surface area (Å²) in [7, 11) is 0. The topological polar surface area (TPSA) is 88.4 Å². The van der Waals surface area contributed by atoms with Gasteiger partial charge in [-0.05, 0) is 48.9 Å². The standard InChI is InChI=1S/C19H17ClN2O4/c1-13(26-17-8-4-15(20)5-9-17)19(24)25-12-18(23)22-16-6-2-14(3-7-16)10-11-21/h2-9,13H,10,12H2,1H3,(H,22,23)/t13-/m1/s1. The van der Waals surface area contributed by atoms with E-state index in [-0.39, 0.29) is 0 Å². The molecule has 1 N–H and O–H groups in total. The summed E-state index contributed by atoms with van der Waals surface area (Å²) in [5.74, 6) is -0.648. The zero-order valence-electron chi connectivity index (χ0n) is 14.1. The lowest BCUT2D eigenvalue weighted by atomic mass is 10.1. The minimum Gasteiger partial charge on any atom is -0.479 e. The molecule has 0 saturated carbocycles. The van der Waals surface area contributed by atoms with Gasteiger partial charge < -0.3 is 14.8 Å². The van der Waals surface area contributed by atoms with Gasteiger partial charge in [0.05, 0.1) is 12.5 Å². The van der Waals surface area contributed by atoms with E-state index >= 15 is 0 Å².